The number of carbonyl (C=O) groups is 1. The smallest absolute Gasteiger partial charge is 0.231 e. The maximum atomic E-state index is 10.8. The number of nitrogens with zero attached hydrogens (tertiary/aromatic N) is 1. The fraction of sp³-hybridized carbons (Fsp3) is 0.909. The zero-order valence-electron chi connectivity index (χ0n) is 10.0. The second-order valence-corrected chi connectivity index (χ2v) is 4.44. The lowest BCUT2D eigenvalue weighted by Crippen LogP contribution is -2.36. The summed E-state index contributed by atoms with van der Waals surface area (Å²) >= 11 is 0. The van der Waals surface area contributed by atoms with Gasteiger partial charge >= 0.3 is 0 Å². The molecule has 0 heterocycles. The van der Waals surface area contributed by atoms with E-state index in [-0.39, 0.29) is 5.91 Å². The minimum absolute atomic E-state index is 0.241. The minimum atomic E-state index is -0.241. The summed E-state index contributed by atoms with van der Waals surface area (Å²) in [6.07, 6.45) is 3.28. The molecule has 0 saturated heterocycles. The third kappa shape index (κ3) is 9.69. The molecule has 0 spiro atoms. The first-order chi connectivity index (χ1) is 7.06. The number of unbranched alkanes of at least 4 members (excludes halogenated alkanes) is 2. The van der Waals surface area contributed by atoms with E-state index < -0.39 is 0 Å². The molecule has 0 unspecified atom stereocenters. The molecule has 0 radical (unpaired) electrons. The molecule has 4 heteroatoms. The van der Waals surface area contributed by atoms with Crippen LogP contribution in [0.2, 0.25) is 0 Å². The third-order valence-electron chi connectivity index (χ3n) is 2.18. The fourth-order valence-corrected chi connectivity index (χ4v) is 1.63. The lowest BCUT2D eigenvalue weighted by atomic mass is 10.2. The van der Waals surface area contributed by atoms with Crippen LogP contribution >= 0.6 is 0 Å². The molecule has 0 aliphatic rings. The molecule has 4 N–H and O–H groups in total. The Balaban J connectivity index is 3.74. The van der Waals surface area contributed by atoms with Crippen LogP contribution in [-0.4, -0.2) is 37.0 Å². The van der Waals surface area contributed by atoms with Crippen LogP contribution in [0.4, 0.5) is 0 Å². The van der Waals surface area contributed by atoms with Crippen molar-refractivity contribution in [3.05, 3.63) is 0 Å². The highest BCUT2D eigenvalue weighted by Gasteiger charge is 2.09. The molecule has 0 aromatic heterocycles. The first-order valence-corrected chi connectivity index (χ1v) is 5.77. The van der Waals surface area contributed by atoms with Crippen LogP contribution in [-0.2, 0) is 4.79 Å². The number of nitrogens with two attached hydrogens (primary N) is 2. The number of hydrogen-bond donors (Lipinski definition) is 2. The van der Waals surface area contributed by atoms with E-state index in [4.69, 9.17) is 11.5 Å². The van der Waals surface area contributed by atoms with Gasteiger partial charge in [-0.1, -0.05) is 20.3 Å². The van der Waals surface area contributed by atoms with Gasteiger partial charge in [-0.15, -0.1) is 0 Å². The zero-order valence-corrected chi connectivity index (χ0v) is 10.0. The van der Waals surface area contributed by atoms with Crippen molar-refractivity contribution >= 4 is 5.91 Å². The highest BCUT2D eigenvalue weighted by molar-refractivity contribution is 5.75. The van der Waals surface area contributed by atoms with Crippen LogP contribution in [0.5, 0.6) is 0 Å². The lowest BCUT2D eigenvalue weighted by molar-refractivity contribution is -0.119. The van der Waals surface area contributed by atoms with Gasteiger partial charge in [-0.3, -0.25) is 9.69 Å². The summed E-state index contributed by atoms with van der Waals surface area (Å²) in [6, 6.07) is 0. The van der Waals surface area contributed by atoms with Gasteiger partial charge in [0.25, 0.3) is 0 Å². The van der Waals surface area contributed by atoms with E-state index in [2.05, 4.69) is 18.7 Å². The Hall–Kier alpha value is -0.610. The number of amides is 1. The van der Waals surface area contributed by atoms with Crippen LogP contribution in [0, 0.1) is 5.92 Å². The molecular weight excluding hydrogens is 190 g/mol. The average molecular weight is 215 g/mol. The molecule has 0 aliphatic carbocycles. The molecule has 90 valence electrons. The van der Waals surface area contributed by atoms with Crippen LogP contribution in [0.15, 0.2) is 0 Å². The molecule has 0 atom stereocenters. The van der Waals surface area contributed by atoms with E-state index in [1.54, 1.807) is 0 Å². The number of hydrogen-bond acceptors (Lipinski definition) is 3. The van der Waals surface area contributed by atoms with Gasteiger partial charge < -0.3 is 11.5 Å². The Morgan fingerprint density at radius 3 is 2.40 bits per heavy atom. The summed E-state index contributed by atoms with van der Waals surface area (Å²) in [7, 11) is 0. The standard InChI is InChI=1S/C11H25N3O/c1-10(2)8-14(9-11(13)15)7-5-3-4-6-12/h10H,3-9,12H2,1-2H3,(H2,13,15). The Morgan fingerprint density at radius 1 is 1.27 bits per heavy atom. The largest absolute Gasteiger partial charge is 0.369 e. The normalized spacial score (nSPS) is 11.3. The van der Waals surface area contributed by atoms with E-state index >= 15 is 0 Å². The molecule has 0 rings (SSSR count). The second-order valence-electron chi connectivity index (χ2n) is 4.44. The van der Waals surface area contributed by atoms with Crippen molar-refractivity contribution in [1.29, 1.82) is 0 Å². The molecule has 0 aromatic rings. The highest BCUT2D eigenvalue weighted by Crippen LogP contribution is 2.02. The summed E-state index contributed by atoms with van der Waals surface area (Å²) in [5.41, 5.74) is 10.6. The maximum absolute atomic E-state index is 10.8. The number of carbonyl (C=O) groups excluding carboxylic acids is 1. The Labute approximate surface area is 93.0 Å². The van der Waals surface area contributed by atoms with Crippen molar-refractivity contribution in [2.45, 2.75) is 33.1 Å². The molecule has 0 saturated carbocycles. The van der Waals surface area contributed by atoms with Gasteiger partial charge in [-0.25, -0.2) is 0 Å². The summed E-state index contributed by atoms with van der Waals surface area (Å²) in [6.45, 7) is 7.30. The molecule has 0 fully saturated rings. The first-order valence-electron chi connectivity index (χ1n) is 5.77. The summed E-state index contributed by atoms with van der Waals surface area (Å²) < 4.78 is 0. The molecule has 1 amide bonds. The van der Waals surface area contributed by atoms with Crippen LogP contribution in [0.25, 0.3) is 0 Å². The van der Waals surface area contributed by atoms with Crippen molar-refractivity contribution in [3.63, 3.8) is 0 Å². The maximum Gasteiger partial charge on any atom is 0.231 e. The molecule has 0 bridgehead atoms. The molecular formula is C11H25N3O. The zero-order chi connectivity index (χ0) is 11.7. The van der Waals surface area contributed by atoms with Crippen LogP contribution in [0.1, 0.15) is 33.1 Å². The van der Waals surface area contributed by atoms with Gasteiger partial charge in [0.15, 0.2) is 0 Å². The summed E-state index contributed by atoms with van der Waals surface area (Å²) in [4.78, 5) is 13.0. The highest BCUT2D eigenvalue weighted by atomic mass is 16.1. The molecule has 0 aliphatic heterocycles. The molecule has 0 aromatic carbocycles. The topological polar surface area (TPSA) is 72.3 Å². The van der Waals surface area contributed by atoms with Gasteiger partial charge in [0.1, 0.15) is 0 Å². The summed E-state index contributed by atoms with van der Waals surface area (Å²) in [5.74, 6) is 0.327. The van der Waals surface area contributed by atoms with E-state index in [1.807, 2.05) is 0 Å². The van der Waals surface area contributed by atoms with E-state index in [1.165, 1.54) is 0 Å². The monoisotopic (exact) mass is 215 g/mol. The van der Waals surface area contributed by atoms with Crippen molar-refractivity contribution in [2.75, 3.05) is 26.2 Å². The Bertz CT molecular complexity index is 171. The Kier molecular flexibility index (Phi) is 8.33. The quantitative estimate of drug-likeness (QED) is 0.552. The van der Waals surface area contributed by atoms with Crippen molar-refractivity contribution in [3.8, 4) is 0 Å². The van der Waals surface area contributed by atoms with Crippen molar-refractivity contribution in [2.24, 2.45) is 17.4 Å². The number of primary amides is 1. The van der Waals surface area contributed by atoms with Crippen LogP contribution < -0.4 is 11.5 Å². The molecule has 15 heavy (non-hydrogen) atoms. The van der Waals surface area contributed by atoms with Gasteiger partial charge in [0, 0.05) is 6.54 Å². The minimum Gasteiger partial charge on any atom is -0.369 e. The third-order valence-corrected chi connectivity index (χ3v) is 2.18. The number of rotatable bonds is 9. The first kappa shape index (κ1) is 14.4. The molecule has 4 nitrogen and oxygen atoms in total. The van der Waals surface area contributed by atoms with E-state index in [0.29, 0.717) is 12.5 Å². The predicted octanol–water partition coefficient (Wildman–Crippen LogP) is 0.559. The Morgan fingerprint density at radius 2 is 1.93 bits per heavy atom. The second kappa shape index (κ2) is 8.68. The van der Waals surface area contributed by atoms with Gasteiger partial charge in [0.05, 0.1) is 6.54 Å². The lowest BCUT2D eigenvalue weighted by Gasteiger charge is -2.22. The van der Waals surface area contributed by atoms with Crippen molar-refractivity contribution in [1.82, 2.24) is 4.90 Å². The fourth-order valence-electron chi connectivity index (χ4n) is 1.63. The van der Waals surface area contributed by atoms with Crippen LogP contribution in [0.3, 0.4) is 0 Å². The summed E-state index contributed by atoms with van der Waals surface area (Å²) in [5, 5.41) is 0. The SMILES string of the molecule is CC(C)CN(CCCCCN)CC(N)=O. The van der Waals surface area contributed by atoms with E-state index in [9.17, 15) is 4.79 Å². The average Bonchev–Trinajstić information content (AvgIpc) is 2.10. The van der Waals surface area contributed by atoms with Crippen molar-refractivity contribution < 1.29 is 4.79 Å². The predicted molar refractivity (Wildman–Crippen MR) is 63.4 cm³/mol. The van der Waals surface area contributed by atoms with Gasteiger partial charge in [0.2, 0.25) is 5.91 Å². The van der Waals surface area contributed by atoms with Gasteiger partial charge in [-0.2, -0.15) is 0 Å². The van der Waals surface area contributed by atoms with Gasteiger partial charge in [-0.05, 0) is 31.8 Å². The van der Waals surface area contributed by atoms with E-state index in [0.717, 1.165) is 38.9 Å².